The van der Waals surface area contributed by atoms with Gasteiger partial charge in [-0.05, 0) is 41.1 Å². The lowest BCUT2D eigenvalue weighted by Crippen LogP contribution is -2.12. The molecule has 0 fully saturated rings. The van der Waals surface area contributed by atoms with E-state index in [2.05, 4.69) is 26.0 Å². The number of carbonyl (C=O) groups excluding carboxylic acids is 1. The molecule has 26 heavy (non-hydrogen) atoms. The van der Waals surface area contributed by atoms with Crippen LogP contribution in [0.2, 0.25) is 0 Å². The first-order valence-corrected chi connectivity index (χ1v) is 7.88. The molecule has 0 unspecified atom stereocenters. The van der Waals surface area contributed by atoms with Crippen molar-refractivity contribution in [1.82, 2.24) is 25.4 Å². The van der Waals surface area contributed by atoms with E-state index in [0.717, 1.165) is 16.8 Å². The molecule has 0 spiro atoms. The SMILES string of the molecule is Cc1cc(NC(=O)c2cc(-c3ccccc3)on2)ccc1-n1cnnn1. The maximum atomic E-state index is 12.4. The summed E-state index contributed by atoms with van der Waals surface area (Å²) in [7, 11) is 0. The summed E-state index contributed by atoms with van der Waals surface area (Å²) in [4.78, 5) is 12.4. The summed E-state index contributed by atoms with van der Waals surface area (Å²) >= 11 is 0. The highest BCUT2D eigenvalue weighted by atomic mass is 16.5. The molecule has 2 aromatic heterocycles. The number of aromatic nitrogens is 5. The van der Waals surface area contributed by atoms with Crippen LogP contribution in [0.1, 0.15) is 16.1 Å². The smallest absolute Gasteiger partial charge is 0.277 e. The van der Waals surface area contributed by atoms with Crippen molar-refractivity contribution in [2.75, 3.05) is 5.32 Å². The van der Waals surface area contributed by atoms with Crippen LogP contribution >= 0.6 is 0 Å². The normalized spacial score (nSPS) is 10.7. The molecule has 8 heteroatoms. The van der Waals surface area contributed by atoms with Gasteiger partial charge in [0.2, 0.25) is 0 Å². The second-order valence-corrected chi connectivity index (χ2v) is 5.65. The lowest BCUT2D eigenvalue weighted by Gasteiger charge is -2.08. The van der Waals surface area contributed by atoms with Crippen molar-refractivity contribution < 1.29 is 9.32 Å². The van der Waals surface area contributed by atoms with Crippen LogP contribution < -0.4 is 5.32 Å². The van der Waals surface area contributed by atoms with Gasteiger partial charge in [0.1, 0.15) is 6.33 Å². The minimum absolute atomic E-state index is 0.214. The van der Waals surface area contributed by atoms with Gasteiger partial charge in [0.15, 0.2) is 11.5 Å². The predicted octanol–water partition coefficient (Wildman–Crippen LogP) is 2.88. The lowest BCUT2D eigenvalue weighted by molar-refractivity contribution is 0.101. The van der Waals surface area contributed by atoms with Crippen LogP contribution in [0.25, 0.3) is 17.0 Å². The first-order chi connectivity index (χ1) is 12.7. The summed E-state index contributed by atoms with van der Waals surface area (Å²) in [5, 5.41) is 17.8. The highest BCUT2D eigenvalue weighted by Crippen LogP contribution is 2.21. The Labute approximate surface area is 148 Å². The summed E-state index contributed by atoms with van der Waals surface area (Å²) in [6.07, 6.45) is 1.51. The average Bonchev–Trinajstić information content (AvgIpc) is 3.35. The Kier molecular flexibility index (Phi) is 3.98. The molecule has 2 aromatic carbocycles. The zero-order valence-electron chi connectivity index (χ0n) is 13.8. The minimum atomic E-state index is -0.342. The van der Waals surface area contributed by atoms with Crippen molar-refractivity contribution in [3.8, 4) is 17.0 Å². The molecule has 1 amide bonds. The van der Waals surface area contributed by atoms with E-state index in [0.29, 0.717) is 11.4 Å². The number of benzene rings is 2. The van der Waals surface area contributed by atoms with Gasteiger partial charge in [-0.2, -0.15) is 0 Å². The Morgan fingerprint density at radius 2 is 1.96 bits per heavy atom. The van der Waals surface area contributed by atoms with Crippen molar-refractivity contribution in [2.45, 2.75) is 6.92 Å². The van der Waals surface area contributed by atoms with E-state index in [4.69, 9.17) is 4.52 Å². The van der Waals surface area contributed by atoms with Gasteiger partial charge in [-0.3, -0.25) is 4.79 Å². The van der Waals surface area contributed by atoms with Gasteiger partial charge in [0.05, 0.1) is 5.69 Å². The van der Waals surface area contributed by atoms with Crippen LogP contribution in [0.3, 0.4) is 0 Å². The Morgan fingerprint density at radius 3 is 2.69 bits per heavy atom. The van der Waals surface area contributed by atoms with E-state index < -0.39 is 0 Å². The maximum absolute atomic E-state index is 12.4. The summed E-state index contributed by atoms with van der Waals surface area (Å²) in [5.74, 6) is 0.200. The largest absolute Gasteiger partial charge is 0.355 e. The Morgan fingerprint density at radius 1 is 1.12 bits per heavy atom. The molecule has 8 nitrogen and oxygen atoms in total. The van der Waals surface area contributed by atoms with Crippen molar-refractivity contribution in [3.05, 3.63) is 72.2 Å². The topological polar surface area (TPSA) is 98.7 Å². The van der Waals surface area contributed by atoms with Crippen LogP contribution in [0, 0.1) is 6.92 Å². The Bertz CT molecular complexity index is 1040. The van der Waals surface area contributed by atoms with Crippen molar-refractivity contribution in [3.63, 3.8) is 0 Å². The maximum Gasteiger partial charge on any atom is 0.277 e. The monoisotopic (exact) mass is 346 g/mol. The van der Waals surface area contributed by atoms with Gasteiger partial charge in [-0.1, -0.05) is 35.5 Å². The minimum Gasteiger partial charge on any atom is -0.355 e. The van der Waals surface area contributed by atoms with Crippen molar-refractivity contribution >= 4 is 11.6 Å². The molecule has 0 saturated heterocycles. The summed E-state index contributed by atoms with van der Waals surface area (Å²) < 4.78 is 6.83. The fraction of sp³-hybridized carbons (Fsp3) is 0.0556. The molecular weight excluding hydrogens is 332 g/mol. The molecule has 1 N–H and O–H groups in total. The number of tetrazole rings is 1. The fourth-order valence-electron chi connectivity index (χ4n) is 2.58. The summed E-state index contributed by atoms with van der Waals surface area (Å²) in [6, 6.07) is 16.6. The first kappa shape index (κ1) is 15.7. The summed E-state index contributed by atoms with van der Waals surface area (Å²) in [5.41, 5.74) is 3.47. The molecule has 0 aliphatic carbocycles. The fourth-order valence-corrected chi connectivity index (χ4v) is 2.58. The second-order valence-electron chi connectivity index (χ2n) is 5.65. The van der Waals surface area contributed by atoms with E-state index in [1.807, 2.05) is 49.4 Å². The molecule has 4 aromatic rings. The zero-order valence-corrected chi connectivity index (χ0v) is 13.8. The first-order valence-electron chi connectivity index (χ1n) is 7.88. The number of amides is 1. The number of rotatable bonds is 4. The van der Waals surface area contributed by atoms with Crippen LogP contribution in [-0.4, -0.2) is 31.3 Å². The van der Waals surface area contributed by atoms with Crippen LogP contribution in [0.4, 0.5) is 5.69 Å². The molecule has 0 aliphatic heterocycles. The average molecular weight is 346 g/mol. The molecule has 2 heterocycles. The molecule has 0 saturated carbocycles. The molecular formula is C18H14N6O2. The number of nitrogens with one attached hydrogen (secondary N) is 1. The van der Waals surface area contributed by atoms with Gasteiger partial charge in [-0.15, -0.1) is 5.10 Å². The Balaban J connectivity index is 1.52. The molecule has 0 atom stereocenters. The van der Waals surface area contributed by atoms with Gasteiger partial charge >= 0.3 is 0 Å². The van der Waals surface area contributed by atoms with Crippen molar-refractivity contribution in [2.24, 2.45) is 0 Å². The van der Waals surface area contributed by atoms with Gasteiger partial charge in [0.25, 0.3) is 5.91 Å². The number of aryl methyl sites for hydroxylation is 1. The van der Waals surface area contributed by atoms with Crippen LogP contribution in [-0.2, 0) is 0 Å². The molecule has 128 valence electrons. The third-order valence-electron chi connectivity index (χ3n) is 3.85. The number of nitrogens with zero attached hydrogens (tertiary/aromatic N) is 5. The third-order valence-corrected chi connectivity index (χ3v) is 3.85. The van der Waals surface area contributed by atoms with Gasteiger partial charge in [0, 0.05) is 17.3 Å². The summed E-state index contributed by atoms with van der Waals surface area (Å²) in [6.45, 7) is 1.91. The highest BCUT2D eigenvalue weighted by Gasteiger charge is 2.14. The van der Waals surface area contributed by atoms with Crippen molar-refractivity contribution in [1.29, 1.82) is 0 Å². The van der Waals surface area contributed by atoms with Crippen LogP contribution in [0.5, 0.6) is 0 Å². The van der Waals surface area contributed by atoms with E-state index in [1.54, 1.807) is 16.8 Å². The molecule has 0 radical (unpaired) electrons. The number of hydrogen-bond donors (Lipinski definition) is 1. The number of carbonyl (C=O) groups is 1. The standard InChI is InChI=1S/C18H14N6O2/c1-12-9-14(7-8-16(12)24-11-19-22-23-24)20-18(25)15-10-17(26-21-15)13-5-3-2-4-6-13/h2-11H,1H3,(H,20,25). The van der Waals surface area contributed by atoms with E-state index in [-0.39, 0.29) is 11.6 Å². The lowest BCUT2D eigenvalue weighted by atomic mass is 10.1. The van der Waals surface area contributed by atoms with Gasteiger partial charge < -0.3 is 9.84 Å². The van der Waals surface area contributed by atoms with E-state index >= 15 is 0 Å². The number of anilines is 1. The zero-order chi connectivity index (χ0) is 17.9. The predicted molar refractivity (Wildman–Crippen MR) is 93.8 cm³/mol. The highest BCUT2D eigenvalue weighted by molar-refractivity contribution is 6.03. The second kappa shape index (κ2) is 6.60. The van der Waals surface area contributed by atoms with Gasteiger partial charge in [-0.25, -0.2) is 4.68 Å². The third kappa shape index (κ3) is 3.07. The van der Waals surface area contributed by atoms with Crippen LogP contribution in [0.15, 0.2) is 65.4 Å². The Hall–Kier alpha value is -3.81. The number of hydrogen-bond acceptors (Lipinski definition) is 6. The van der Waals surface area contributed by atoms with E-state index in [9.17, 15) is 4.79 Å². The van der Waals surface area contributed by atoms with E-state index in [1.165, 1.54) is 6.33 Å². The molecule has 0 bridgehead atoms. The molecule has 0 aliphatic rings. The quantitative estimate of drug-likeness (QED) is 0.610. The molecule has 4 rings (SSSR count).